The van der Waals surface area contributed by atoms with Gasteiger partial charge in [-0.25, -0.2) is 0 Å². The summed E-state index contributed by atoms with van der Waals surface area (Å²) in [4.78, 5) is 6.39. The Morgan fingerprint density at radius 2 is 2.04 bits per heavy atom. The molecule has 0 aliphatic carbocycles. The maximum absolute atomic E-state index is 6.04. The lowest BCUT2D eigenvalue weighted by Crippen LogP contribution is -2.42. The number of ether oxygens (including phenoxy) is 1. The van der Waals surface area contributed by atoms with Gasteiger partial charge in [0, 0.05) is 33.0 Å². The van der Waals surface area contributed by atoms with Crippen LogP contribution in [0.15, 0.2) is 47.6 Å². The Bertz CT molecular complexity index is 675. The molecule has 1 N–H and O–H groups in total. The highest BCUT2D eigenvalue weighted by Crippen LogP contribution is 2.14. The summed E-state index contributed by atoms with van der Waals surface area (Å²) in [5, 5.41) is 4.09. The van der Waals surface area contributed by atoms with Crippen LogP contribution in [0.1, 0.15) is 12.6 Å². The molecule has 0 aliphatic rings. The van der Waals surface area contributed by atoms with Gasteiger partial charge in [-0.15, -0.1) is 24.0 Å². The number of nitrogens with zero attached hydrogens (tertiary/aromatic N) is 3. The SMILES string of the molecule is CN=C(NCC(C)Oc1ccccc1)N(C)Cc1cc(Cl)cn1C.I. The first kappa shape index (κ1) is 21.6. The van der Waals surface area contributed by atoms with Crippen LogP contribution in [0.2, 0.25) is 5.02 Å². The Morgan fingerprint density at radius 1 is 1.36 bits per heavy atom. The number of hydrogen-bond acceptors (Lipinski definition) is 2. The average Bonchev–Trinajstić information content (AvgIpc) is 2.86. The number of hydrogen-bond donors (Lipinski definition) is 1. The third-order valence-electron chi connectivity index (χ3n) is 3.68. The van der Waals surface area contributed by atoms with Gasteiger partial charge in [0.2, 0.25) is 0 Å². The van der Waals surface area contributed by atoms with E-state index in [0.29, 0.717) is 6.54 Å². The number of rotatable bonds is 6. The lowest BCUT2D eigenvalue weighted by molar-refractivity contribution is 0.222. The van der Waals surface area contributed by atoms with Crippen LogP contribution in [0.3, 0.4) is 0 Å². The zero-order valence-electron chi connectivity index (χ0n) is 15.1. The molecule has 2 aromatic rings. The van der Waals surface area contributed by atoms with E-state index < -0.39 is 0 Å². The minimum atomic E-state index is 0. The number of aryl methyl sites for hydroxylation is 1. The molecule has 0 bridgehead atoms. The number of aromatic nitrogens is 1. The number of para-hydroxylation sites is 1. The first-order valence-corrected chi connectivity index (χ1v) is 8.31. The molecule has 0 aliphatic heterocycles. The van der Waals surface area contributed by atoms with Crippen molar-refractivity contribution in [2.75, 3.05) is 20.6 Å². The van der Waals surface area contributed by atoms with E-state index in [1.807, 2.05) is 68.2 Å². The fourth-order valence-corrected chi connectivity index (χ4v) is 2.71. The van der Waals surface area contributed by atoms with Crippen LogP contribution < -0.4 is 10.1 Å². The average molecular weight is 477 g/mol. The Balaban J connectivity index is 0.00000312. The molecule has 1 unspecified atom stereocenters. The van der Waals surface area contributed by atoms with E-state index in [2.05, 4.69) is 15.2 Å². The molecular formula is C18H26ClIN4O. The third-order valence-corrected chi connectivity index (χ3v) is 3.88. The van der Waals surface area contributed by atoms with Gasteiger partial charge in [-0.2, -0.15) is 0 Å². The number of benzene rings is 1. The standard InChI is InChI=1S/C18H25ClN4O.HI/c1-14(24-17-8-6-5-7-9-17)11-21-18(20-2)23(4)13-16-10-15(19)12-22(16)3;/h5-10,12,14H,11,13H2,1-4H3,(H,20,21);1H. The van der Waals surface area contributed by atoms with E-state index in [1.165, 1.54) is 0 Å². The molecule has 0 amide bonds. The molecule has 2 rings (SSSR count). The molecule has 0 saturated carbocycles. The smallest absolute Gasteiger partial charge is 0.193 e. The van der Waals surface area contributed by atoms with E-state index in [4.69, 9.17) is 16.3 Å². The lowest BCUT2D eigenvalue weighted by atomic mass is 10.3. The first-order valence-electron chi connectivity index (χ1n) is 7.94. The molecule has 0 spiro atoms. The van der Waals surface area contributed by atoms with Crippen LogP contribution in [-0.4, -0.2) is 42.2 Å². The van der Waals surface area contributed by atoms with Crippen molar-refractivity contribution in [3.63, 3.8) is 0 Å². The monoisotopic (exact) mass is 476 g/mol. The van der Waals surface area contributed by atoms with Crippen molar-refractivity contribution in [3.05, 3.63) is 53.3 Å². The molecule has 1 atom stereocenters. The molecule has 7 heteroatoms. The van der Waals surface area contributed by atoms with Gasteiger partial charge in [0.15, 0.2) is 5.96 Å². The maximum Gasteiger partial charge on any atom is 0.193 e. The van der Waals surface area contributed by atoms with E-state index in [9.17, 15) is 0 Å². The topological polar surface area (TPSA) is 41.8 Å². The minimum Gasteiger partial charge on any atom is -0.489 e. The summed E-state index contributed by atoms with van der Waals surface area (Å²) in [5.41, 5.74) is 1.12. The molecule has 0 fully saturated rings. The van der Waals surface area contributed by atoms with Crippen LogP contribution in [0, 0.1) is 0 Å². The van der Waals surface area contributed by atoms with Crippen molar-refractivity contribution in [2.24, 2.45) is 12.0 Å². The quantitative estimate of drug-likeness (QED) is 0.392. The highest BCUT2D eigenvalue weighted by molar-refractivity contribution is 14.0. The van der Waals surface area contributed by atoms with E-state index in [1.54, 1.807) is 7.05 Å². The molecule has 0 saturated heterocycles. The van der Waals surface area contributed by atoms with Crippen molar-refractivity contribution in [1.82, 2.24) is 14.8 Å². The maximum atomic E-state index is 6.04. The number of halogens is 2. The van der Waals surface area contributed by atoms with Gasteiger partial charge >= 0.3 is 0 Å². The van der Waals surface area contributed by atoms with Crippen LogP contribution >= 0.6 is 35.6 Å². The molecule has 1 aromatic heterocycles. The van der Waals surface area contributed by atoms with Crippen LogP contribution in [-0.2, 0) is 13.6 Å². The van der Waals surface area contributed by atoms with Crippen LogP contribution in [0.5, 0.6) is 5.75 Å². The Hall–Kier alpha value is -1.41. The number of aliphatic imine (C=N–C) groups is 1. The predicted molar refractivity (Wildman–Crippen MR) is 115 cm³/mol. The van der Waals surface area contributed by atoms with Crippen LogP contribution in [0.4, 0.5) is 0 Å². The van der Waals surface area contributed by atoms with Crippen molar-refractivity contribution in [1.29, 1.82) is 0 Å². The molecule has 5 nitrogen and oxygen atoms in total. The Morgan fingerprint density at radius 3 is 2.60 bits per heavy atom. The summed E-state index contributed by atoms with van der Waals surface area (Å²) >= 11 is 6.04. The molecule has 25 heavy (non-hydrogen) atoms. The molecular weight excluding hydrogens is 451 g/mol. The summed E-state index contributed by atoms with van der Waals surface area (Å²) in [7, 11) is 5.76. The fourth-order valence-electron chi connectivity index (χ4n) is 2.43. The summed E-state index contributed by atoms with van der Waals surface area (Å²) in [6.07, 6.45) is 1.93. The van der Waals surface area contributed by atoms with Gasteiger partial charge in [0.05, 0.1) is 18.1 Å². The largest absolute Gasteiger partial charge is 0.489 e. The van der Waals surface area contributed by atoms with Crippen LogP contribution in [0.25, 0.3) is 0 Å². The minimum absolute atomic E-state index is 0. The van der Waals surface area contributed by atoms with Gasteiger partial charge in [0.25, 0.3) is 0 Å². The third kappa shape index (κ3) is 6.78. The Labute approximate surface area is 172 Å². The van der Waals surface area contributed by atoms with Crippen molar-refractivity contribution < 1.29 is 4.74 Å². The zero-order valence-corrected chi connectivity index (χ0v) is 18.2. The van der Waals surface area contributed by atoms with E-state index >= 15 is 0 Å². The van der Waals surface area contributed by atoms with E-state index in [-0.39, 0.29) is 30.1 Å². The second-order valence-electron chi connectivity index (χ2n) is 5.79. The summed E-state index contributed by atoms with van der Waals surface area (Å²) in [5.74, 6) is 1.68. The molecule has 1 heterocycles. The number of nitrogens with one attached hydrogen (secondary N) is 1. The number of guanidine groups is 1. The van der Waals surface area contributed by atoms with Gasteiger partial charge in [-0.1, -0.05) is 29.8 Å². The summed E-state index contributed by atoms with van der Waals surface area (Å²) < 4.78 is 7.89. The summed E-state index contributed by atoms with van der Waals surface area (Å²) in [6, 6.07) is 11.8. The lowest BCUT2D eigenvalue weighted by Gasteiger charge is -2.24. The second kappa shape index (κ2) is 10.6. The normalized spacial score (nSPS) is 12.3. The zero-order chi connectivity index (χ0) is 17.5. The summed E-state index contributed by atoms with van der Waals surface area (Å²) in [6.45, 7) is 3.42. The molecule has 138 valence electrons. The first-order chi connectivity index (χ1) is 11.5. The van der Waals surface area contributed by atoms with Gasteiger partial charge in [-0.3, -0.25) is 4.99 Å². The molecule has 1 aromatic carbocycles. The van der Waals surface area contributed by atoms with Crippen molar-refractivity contribution in [3.8, 4) is 5.75 Å². The van der Waals surface area contributed by atoms with Gasteiger partial charge in [0.1, 0.15) is 11.9 Å². The van der Waals surface area contributed by atoms with Crippen molar-refractivity contribution >= 4 is 41.5 Å². The van der Waals surface area contributed by atoms with Crippen molar-refractivity contribution in [2.45, 2.75) is 19.6 Å². The predicted octanol–water partition coefficient (Wildman–Crippen LogP) is 3.77. The fraction of sp³-hybridized carbons (Fsp3) is 0.389. The van der Waals surface area contributed by atoms with Gasteiger partial charge < -0.3 is 19.5 Å². The molecule has 0 radical (unpaired) electrons. The van der Waals surface area contributed by atoms with E-state index in [0.717, 1.165) is 29.0 Å². The van der Waals surface area contributed by atoms with Gasteiger partial charge in [-0.05, 0) is 25.1 Å². The second-order valence-corrected chi connectivity index (χ2v) is 6.22. The highest BCUT2D eigenvalue weighted by Gasteiger charge is 2.11. The highest BCUT2D eigenvalue weighted by atomic mass is 127. The Kier molecular flexibility index (Phi) is 9.13.